The Bertz CT molecular complexity index is 902. The zero-order chi connectivity index (χ0) is 31.5. The minimum atomic E-state index is -3.02. The fourth-order valence-corrected chi connectivity index (χ4v) is 23.2. The van der Waals surface area contributed by atoms with Gasteiger partial charge < -0.3 is 0 Å². The maximum absolute atomic E-state index is 5.90. The van der Waals surface area contributed by atoms with Gasteiger partial charge in [-0.05, 0) is 148 Å². The van der Waals surface area contributed by atoms with Crippen LogP contribution in [-0.4, -0.2) is 174 Å². The maximum Gasteiger partial charge on any atom is 0.266 e. The summed E-state index contributed by atoms with van der Waals surface area (Å²) in [6.45, 7) is 6.42. The van der Waals surface area contributed by atoms with E-state index in [1.165, 1.54) is 0 Å². The van der Waals surface area contributed by atoms with Crippen molar-refractivity contribution in [2.24, 2.45) is 18.3 Å². The molecule has 0 N–H and O–H groups in total. The fourth-order valence-electron chi connectivity index (χ4n) is 4.52. The quantitative estimate of drug-likeness (QED) is 0.255. The van der Waals surface area contributed by atoms with Crippen LogP contribution in [0.15, 0.2) is 18.3 Å². The monoisotopic (exact) mass is 633 g/mol. The second kappa shape index (κ2) is 14.4. The molecule has 0 saturated heterocycles. The molecule has 0 amide bonds. The van der Waals surface area contributed by atoms with Gasteiger partial charge >= 0.3 is 0 Å². The molecule has 0 aliphatic heterocycles. The smallest absolute Gasteiger partial charge is 0.252 e. The van der Waals surface area contributed by atoms with E-state index in [9.17, 15) is 0 Å². The third kappa shape index (κ3) is 8.35. The van der Waals surface area contributed by atoms with Crippen LogP contribution in [0.3, 0.4) is 0 Å². The number of hydrogen-bond donors (Lipinski definition) is 0. The van der Waals surface area contributed by atoms with Gasteiger partial charge in [-0.15, -0.1) is 0 Å². The lowest BCUT2D eigenvalue weighted by atomic mass is 10.1. The first-order chi connectivity index (χ1) is 17.3. The van der Waals surface area contributed by atoms with Crippen LogP contribution in [0.25, 0.3) is 0 Å². The summed E-state index contributed by atoms with van der Waals surface area (Å²) in [5, 5.41) is 0. The zero-order valence-corrected chi connectivity index (χ0v) is 32.7. The molecule has 0 rings (SSSR count). The van der Waals surface area contributed by atoms with Crippen molar-refractivity contribution >= 4 is 30.0 Å². The summed E-state index contributed by atoms with van der Waals surface area (Å²) in [4.78, 5) is 0. The molecule has 0 atom stereocenters. The molecule has 0 aromatic rings. The van der Waals surface area contributed by atoms with Crippen LogP contribution < -0.4 is 0 Å². The fraction of sp³-hybridized carbons (Fsp3) is 1.00. The van der Waals surface area contributed by atoms with E-state index in [0.717, 1.165) is 0 Å². The summed E-state index contributed by atoms with van der Waals surface area (Å²) in [5.74, 6) is 0. The number of hydrogen-bond acceptors (Lipinski definition) is 1. The molecule has 0 fully saturated rings. The molecule has 0 radical (unpaired) electrons. The predicted molar refractivity (Wildman–Crippen MR) is 180 cm³/mol. The van der Waals surface area contributed by atoms with Crippen LogP contribution in [0.1, 0.15) is 20.8 Å². The Morgan fingerprint density at radius 2 is 0.615 bits per heavy atom. The first-order valence-electron chi connectivity index (χ1n) is 13.0. The van der Waals surface area contributed by atoms with Gasteiger partial charge in [0.2, 0.25) is 7.51 Å². The van der Waals surface area contributed by atoms with Crippen molar-refractivity contribution in [3.8, 4) is 0 Å². The number of nitrogens with zero attached hydrogens (tertiary/aromatic N) is 13. The summed E-state index contributed by atoms with van der Waals surface area (Å²) >= 11 is 0. The highest BCUT2D eigenvalue weighted by atomic mass is 31.3. The summed E-state index contributed by atoms with van der Waals surface area (Å²) in [6, 6.07) is 0. The van der Waals surface area contributed by atoms with E-state index in [2.05, 4.69) is 190 Å². The van der Waals surface area contributed by atoms with Gasteiger partial charge in [-0.3, -0.25) is 28.0 Å². The van der Waals surface area contributed by atoms with Gasteiger partial charge in [-0.2, -0.15) is 13.5 Å². The summed E-state index contributed by atoms with van der Waals surface area (Å²) in [5.41, 5.74) is -0.318. The molecule has 13 nitrogen and oxygen atoms in total. The Balaban J connectivity index is 9.33. The first kappa shape index (κ1) is 39.6. The molecule has 17 heteroatoms. The van der Waals surface area contributed by atoms with Crippen LogP contribution in [0.4, 0.5) is 0 Å². The van der Waals surface area contributed by atoms with Crippen molar-refractivity contribution in [1.82, 2.24) is 42.0 Å². The van der Waals surface area contributed by atoms with Gasteiger partial charge in [-0.25, -0.2) is 18.8 Å². The van der Waals surface area contributed by atoms with E-state index in [0.29, 0.717) is 0 Å². The van der Waals surface area contributed by atoms with E-state index in [-0.39, 0.29) is 5.54 Å². The second-order valence-corrected chi connectivity index (χ2v) is 26.2. The van der Waals surface area contributed by atoms with Crippen molar-refractivity contribution in [3.63, 3.8) is 0 Å². The Morgan fingerprint density at radius 1 is 0.359 bits per heavy atom. The second-order valence-electron chi connectivity index (χ2n) is 12.3. The van der Waals surface area contributed by atoms with E-state index in [1.54, 1.807) is 0 Å². The topological polar surface area (TPSA) is 78.6 Å². The molecular formula is C22H63N13P4. The van der Waals surface area contributed by atoms with E-state index in [4.69, 9.17) is 18.3 Å². The molecule has 0 spiro atoms. The van der Waals surface area contributed by atoms with Crippen molar-refractivity contribution in [1.29, 1.82) is 0 Å². The Kier molecular flexibility index (Phi) is 14.6. The summed E-state index contributed by atoms with van der Waals surface area (Å²) < 4.78 is 43.1. The highest BCUT2D eigenvalue weighted by Crippen LogP contribution is 2.78. The van der Waals surface area contributed by atoms with Crippen LogP contribution in [0.5, 0.6) is 0 Å². The SMILES string of the molecule is CN(C)P(=NP(=NC(C)(C)C)(N(C)C)N(C)C)(N=P(N(C)C)(N(C)C)N(C)C)N=P(N(C)C)(N(C)C)N(C)C. The summed E-state index contributed by atoms with van der Waals surface area (Å²) in [6.07, 6.45) is 0. The molecular weight excluding hydrogens is 570 g/mol. The predicted octanol–water partition coefficient (Wildman–Crippen LogP) is 5.62. The van der Waals surface area contributed by atoms with Gasteiger partial charge in [-0.1, -0.05) is 0 Å². The molecule has 39 heavy (non-hydrogen) atoms. The van der Waals surface area contributed by atoms with Crippen molar-refractivity contribution in [3.05, 3.63) is 0 Å². The van der Waals surface area contributed by atoms with Gasteiger partial charge in [0.15, 0.2) is 15.0 Å². The molecule has 236 valence electrons. The molecule has 0 aromatic heterocycles. The van der Waals surface area contributed by atoms with E-state index in [1.807, 2.05) is 0 Å². The van der Waals surface area contributed by atoms with E-state index >= 15 is 0 Å². The first-order valence-corrected chi connectivity index (χ1v) is 19.4. The van der Waals surface area contributed by atoms with Crippen LogP contribution in [0, 0.1) is 0 Å². The minimum absolute atomic E-state index is 0.318. The minimum Gasteiger partial charge on any atom is -0.252 e. The average Bonchev–Trinajstić information content (AvgIpc) is 2.71. The normalized spacial score (nSPS) is 14.8. The molecule has 0 heterocycles. The molecule has 0 aliphatic carbocycles. The molecule has 0 unspecified atom stereocenters. The highest BCUT2D eigenvalue weighted by molar-refractivity contribution is 7.80. The largest absolute Gasteiger partial charge is 0.266 e. The summed E-state index contributed by atoms with van der Waals surface area (Å²) in [7, 11) is 27.2. The van der Waals surface area contributed by atoms with Crippen molar-refractivity contribution < 1.29 is 0 Å². The van der Waals surface area contributed by atoms with Crippen LogP contribution in [0.2, 0.25) is 0 Å². The molecule has 0 aromatic carbocycles. The highest BCUT2D eigenvalue weighted by Gasteiger charge is 2.42. The molecule has 0 saturated carbocycles. The Morgan fingerprint density at radius 3 is 0.769 bits per heavy atom. The third-order valence-electron chi connectivity index (χ3n) is 5.98. The lowest BCUT2D eigenvalue weighted by Gasteiger charge is -2.46. The zero-order valence-electron chi connectivity index (χ0n) is 29.1. The van der Waals surface area contributed by atoms with Crippen molar-refractivity contribution in [2.75, 3.05) is 127 Å². The van der Waals surface area contributed by atoms with E-state index < -0.39 is 30.0 Å². The van der Waals surface area contributed by atoms with Crippen LogP contribution >= 0.6 is 30.0 Å². The van der Waals surface area contributed by atoms with Gasteiger partial charge in [0.25, 0.3) is 7.51 Å². The lowest BCUT2D eigenvalue weighted by molar-refractivity contribution is 0.472. The Labute approximate surface area is 243 Å². The van der Waals surface area contributed by atoms with Gasteiger partial charge in [0.05, 0.1) is 5.54 Å². The molecule has 0 aliphatic rings. The third-order valence-corrected chi connectivity index (χ3v) is 22.3. The maximum atomic E-state index is 5.90. The van der Waals surface area contributed by atoms with Gasteiger partial charge in [0, 0.05) is 0 Å². The Hall–Kier alpha value is 0.560. The lowest BCUT2D eigenvalue weighted by Crippen LogP contribution is -2.32. The van der Waals surface area contributed by atoms with Gasteiger partial charge in [0.1, 0.15) is 0 Å². The van der Waals surface area contributed by atoms with Crippen LogP contribution in [-0.2, 0) is 0 Å². The number of rotatable bonds is 12. The molecule has 0 bridgehead atoms. The average molecular weight is 634 g/mol. The van der Waals surface area contributed by atoms with Crippen molar-refractivity contribution in [2.45, 2.75) is 26.3 Å². The standard InChI is InChI=1S/C22H63N13P4/c1-22(2,3)23-37(28(6)7,29(8)9)24-36(27(4)5,25-38(30(10)11,31(12)13)32(14)15)26-39(33(16)17,34(18)19)35(20)21/h1-21H3.